The number of rotatable bonds is 6. The molecule has 1 aliphatic rings. The van der Waals surface area contributed by atoms with Crippen molar-refractivity contribution in [2.45, 2.75) is 58.3 Å². The van der Waals surface area contributed by atoms with Crippen molar-refractivity contribution in [3.63, 3.8) is 0 Å². The third kappa shape index (κ3) is 3.13. The van der Waals surface area contributed by atoms with Gasteiger partial charge in [0.25, 0.3) is 0 Å². The van der Waals surface area contributed by atoms with E-state index < -0.39 is 0 Å². The predicted octanol–water partition coefficient (Wildman–Crippen LogP) is 1.85. The van der Waals surface area contributed by atoms with Crippen molar-refractivity contribution < 1.29 is 9.53 Å². The van der Waals surface area contributed by atoms with Crippen LogP contribution in [0.2, 0.25) is 0 Å². The summed E-state index contributed by atoms with van der Waals surface area (Å²) in [5.74, 6) is 0.124. The Morgan fingerprint density at radius 3 is 2.80 bits per heavy atom. The Hall–Kier alpha value is -0.720. The number of ketones is 1. The van der Waals surface area contributed by atoms with Crippen LogP contribution in [0.4, 0.5) is 0 Å². The highest BCUT2D eigenvalue weighted by Crippen LogP contribution is 2.26. The topological polar surface area (TPSA) is 70.1 Å². The molecule has 0 bridgehead atoms. The van der Waals surface area contributed by atoms with E-state index in [1.54, 1.807) is 0 Å². The van der Waals surface area contributed by atoms with Crippen LogP contribution in [-0.2, 0) is 28.9 Å². The second-order valence-corrected chi connectivity index (χ2v) is 5.87. The van der Waals surface area contributed by atoms with Gasteiger partial charge in [0.05, 0.1) is 28.4 Å². The lowest BCUT2D eigenvalue weighted by molar-refractivity contribution is -0.129. The van der Waals surface area contributed by atoms with Gasteiger partial charge in [-0.3, -0.25) is 9.48 Å². The maximum Gasteiger partial charge on any atom is 0.167 e. The Bertz CT molecular complexity index is 487. The van der Waals surface area contributed by atoms with Crippen molar-refractivity contribution in [3.8, 4) is 0 Å². The maximum absolute atomic E-state index is 12.4. The molecule has 0 radical (unpaired) electrons. The zero-order chi connectivity index (χ0) is 14.7. The Labute approximate surface area is 128 Å². The van der Waals surface area contributed by atoms with Gasteiger partial charge in [-0.15, -0.1) is 0 Å². The molecule has 0 saturated carbocycles. The van der Waals surface area contributed by atoms with E-state index >= 15 is 0 Å². The Morgan fingerprint density at radius 1 is 1.50 bits per heavy atom. The summed E-state index contributed by atoms with van der Waals surface area (Å²) >= 11 is 3.57. The fraction of sp³-hybridized carbons (Fsp3) is 0.714. The predicted molar refractivity (Wildman–Crippen MR) is 80.6 cm³/mol. The summed E-state index contributed by atoms with van der Waals surface area (Å²) in [7, 11) is 0. The van der Waals surface area contributed by atoms with Crippen LogP contribution in [0.5, 0.6) is 0 Å². The minimum Gasteiger partial charge on any atom is -0.366 e. The van der Waals surface area contributed by atoms with Crippen LogP contribution in [0.1, 0.15) is 38.1 Å². The van der Waals surface area contributed by atoms with Gasteiger partial charge in [0.2, 0.25) is 0 Å². The molecule has 1 fully saturated rings. The normalized spacial score (nSPS) is 22.4. The number of carbonyl (C=O) groups excluding carboxylic acids is 1. The molecule has 0 amide bonds. The maximum atomic E-state index is 12.4. The molecule has 20 heavy (non-hydrogen) atoms. The monoisotopic (exact) mass is 343 g/mol. The molecule has 1 saturated heterocycles. The van der Waals surface area contributed by atoms with Crippen molar-refractivity contribution in [1.82, 2.24) is 9.78 Å². The first-order chi connectivity index (χ1) is 9.60. The van der Waals surface area contributed by atoms with E-state index in [0.29, 0.717) is 13.0 Å². The van der Waals surface area contributed by atoms with Crippen molar-refractivity contribution in [1.29, 1.82) is 0 Å². The SMILES string of the molecule is CCc1nn(CC)c(CC(=O)C2CCC(CN)O2)c1Br. The van der Waals surface area contributed by atoms with Gasteiger partial charge in [-0.1, -0.05) is 6.92 Å². The molecule has 5 nitrogen and oxygen atoms in total. The third-order valence-electron chi connectivity index (χ3n) is 3.77. The summed E-state index contributed by atoms with van der Waals surface area (Å²) in [6.07, 6.45) is 2.60. The van der Waals surface area contributed by atoms with E-state index in [-0.39, 0.29) is 18.0 Å². The van der Waals surface area contributed by atoms with Crippen molar-refractivity contribution in [3.05, 3.63) is 15.9 Å². The number of nitrogens with zero attached hydrogens (tertiary/aromatic N) is 2. The summed E-state index contributed by atoms with van der Waals surface area (Å²) in [6, 6.07) is 0. The molecule has 0 aromatic carbocycles. The van der Waals surface area contributed by atoms with Crippen molar-refractivity contribution in [2.75, 3.05) is 6.54 Å². The molecule has 1 aromatic heterocycles. The molecule has 1 aromatic rings. The third-order valence-corrected chi connectivity index (χ3v) is 4.68. The van der Waals surface area contributed by atoms with Crippen LogP contribution in [-0.4, -0.2) is 34.3 Å². The number of ether oxygens (including phenoxy) is 1. The fourth-order valence-electron chi connectivity index (χ4n) is 2.58. The van der Waals surface area contributed by atoms with Crippen LogP contribution < -0.4 is 5.73 Å². The molecule has 0 aliphatic carbocycles. The van der Waals surface area contributed by atoms with E-state index in [2.05, 4.69) is 28.0 Å². The van der Waals surface area contributed by atoms with Crippen LogP contribution in [0, 0.1) is 0 Å². The molecule has 1 aliphatic heterocycles. The first-order valence-electron chi connectivity index (χ1n) is 7.22. The van der Waals surface area contributed by atoms with Crippen LogP contribution in [0.25, 0.3) is 0 Å². The number of nitrogens with two attached hydrogens (primary N) is 1. The van der Waals surface area contributed by atoms with Gasteiger partial charge in [-0.2, -0.15) is 5.10 Å². The van der Waals surface area contributed by atoms with Gasteiger partial charge in [-0.05, 0) is 42.1 Å². The van der Waals surface area contributed by atoms with E-state index in [0.717, 1.165) is 41.7 Å². The van der Waals surface area contributed by atoms with Crippen LogP contribution >= 0.6 is 15.9 Å². The van der Waals surface area contributed by atoms with E-state index in [4.69, 9.17) is 10.5 Å². The highest BCUT2D eigenvalue weighted by atomic mass is 79.9. The van der Waals surface area contributed by atoms with Crippen molar-refractivity contribution in [2.24, 2.45) is 5.73 Å². The quantitative estimate of drug-likeness (QED) is 0.855. The van der Waals surface area contributed by atoms with Gasteiger partial charge < -0.3 is 10.5 Å². The van der Waals surface area contributed by atoms with E-state index in [1.165, 1.54) is 0 Å². The van der Waals surface area contributed by atoms with Crippen molar-refractivity contribution >= 4 is 21.7 Å². The van der Waals surface area contributed by atoms with Crippen LogP contribution in [0.15, 0.2) is 4.47 Å². The smallest absolute Gasteiger partial charge is 0.167 e. The molecular formula is C14H22BrN3O2. The number of carbonyl (C=O) groups is 1. The summed E-state index contributed by atoms with van der Waals surface area (Å²) in [5, 5.41) is 4.51. The number of aromatic nitrogens is 2. The molecule has 2 N–H and O–H groups in total. The van der Waals surface area contributed by atoms with Gasteiger partial charge in [0.15, 0.2) is 5.78 Å². The molecule has 112 valence electrons. The highest BCUT2D eigenvalue weighted by Gasteiger charge is 2.31. The number of aryl methyl sites for hydroxylation is 2. The lowest BCUT2D eigenvalue weighted by atomic mass is 10.1. The van der Waals surface area contributed by atoms with Gasteiger partial charge >= 0.3 is 0 Å². The first-order valence-corrected chi connectivity index (χ1v) is 8.02. The van der Waals surface area contributed by atoms with Gasteiger partial charge in [-0.25, -0.2) is 0 Å². The first kappa shape index (κ1) is 15.7. The van der Waals surface area contributed by atoms with Gasteiger partial charge in [0.1, 0.15) is 6.10 Å². The van der Waals surface area contributed by atoms with E-state index in [9.17, 15) is 4.79 Å². The summed E-state index contributed by atoms with van der Waals surface area (Å²) in [5.41, 5.74) is 7.54. The average Bonchev–Trinajstić information content (AvgIpc) is 3.05. The minimum absolute atomic E-state index is 0.0367. The average molecular weight is 344 g/mol. The molecular weight excluding hydrogens is 322 g/mol. The van der Waals surface area contributed by atoms with Crippen LogP contribution in [0.3, 0.4) is 0 Å². The number of Topliss-reactive ketones (excluding diaryl/α,β-unsaturated/α-hetero) is 1. The van der Waals surface area contributed by atoms with E-state index in [1.807, 2.05) is 11.6 Å². The largest absolute Gasteiger partial charge is 0.366 e. The Morgan fingerprint density at radius 2 is 2.25 bits per heavy atom. The molecule has 6 heteroatoms. The lowest BCUT2D eigenvalue weighted by Crippen LogP contribution is -2.27. The molecule has 2 atom stereocenters. The number of hydrogen-bond acceptors (Lipinski definition) is 4. The number of halogens is 1. The Kier molecular flexibility index (Phi) is 5.35. The minimum atomic E-state index is -0.305. The highest BCUT2D eigenvalue weighted by molar-refractivity contribution is 9.10. The standard InChI is InChI=1S/C14H22BrN3O2/c1-3-10-14(15)11(18(4-2)17-10)7-12(19)13-6-5-9(8-16)20-13/h9,13H,3-8,16H2,1-2H3. The fourth-order valence-corrected chi connectivity index (χ4v) is 3.29. The number of hydrogen-bond donors (Lipinski definition) is 1. The summed E-state index contributed by atoms with van der Waals surface area (Å²) in [6.45, 7) is 5.34. The molecule has 0 spiro atoms. The zero-order valence-corrected chi connectivity index (χ0v) is 13.6. The second-order valence-electron chi connectivity index (χ2n) is 5.08. The Balaban J connectivity index is 2.10. The zero-order valence-electron chi connectivity index (χ0n) is 12.1. The molecule has 2 heterocycles. The lowest BCUT2D eigenvalue weighted by Gasteiger charge is -2.12. The second kappa shape index (κ2) is 6.83. The summed E-state index contributed by atoms with van der Waals surface area (Å²) in [4.78, 5) is 12.4. The molecule has 2 unspecified atom stereocenters. The van der Waals surface area contributed by atoms with Gasteiger partial charge in [0, 0.05) is 13.1 Å². The molecule has 2 rings (SSSR count). The summed E-state index contributed by atoms with van der Waals surface area (Å²) < 4.78 is 8.53.